The maximum atomic E-state index is 12.6. The van der Waals surface area contributed by atoms with Crippen LogP contribution in [0, 0.1) is 6.92 Å². The summed E-state index contributed by atoms with van der Waals surface area (Å²) >= 11 is 0. The van der Waals surface area contributed by atoms with Gasteiger partial charge in [-0.15, -0.1) is 0 Å². The van der Waals surface area contributed by atoms with Gasteiger partial charge in [-0.1, -0.05) is 36.4 Å². The number of nitrogens with zero attached hydrogens (tertiary/aromatic N) is 2. The van der Waals surface area contributed by atoms with Gasteiger partial charge in [-0.2, -0.15) is 0 Å². The number of amides is 1. The van der Waals surface area contributed by atoms with Crippen LogP contribution < -0.4 is 5.32 Å². The molecule has 1 aromatic heterocycles. The molecule has 1 heterocycles. The van der Waals surface area contributed by atoms with E-state index in [1.165, 1.54) is 20.2 Å². The van der Waals surface area contributed by atoms with E-state index in [2.05, 4.69) is 10.3 Å². The van der Waals surface area contributed by atoms with Crippen LogP contribution in [0.2, 0.25) is 0 Å². The summed E-state index contributed by atoms with van der Waals surface area (Å²) in [5, 5.41) is 2.75. The van der Waals surface area contributed by atoms with Gasteiger partial charge in [-0.3, -0.25) is 9.78 Å². The minimum Gasteiger partial charge on any atom is -0.321 e. The van der Waals surface area contributed by atoms with Gasteiger partial charge in [0.1, 0.15) is 0 Å². The fourth-order valence-corrected chi connectivity index (χ4v) is 3.81. The Balaban J connectivity index is 1.82. The Labute approximate surface area is 164 Å². The highest BCUT2D eigenvalue weighted by atomic mass is 32.2. The van der Waals surface area contributed by atoms with E-state index in [1.54, 1.807) is 31.3 Å². The van der Waals surface area contributed by atoms with Gasteiger partial charge in [-0.25, -0.2) is 12.7 Å². The van der Waals surface area contributed by atoms with E-state index < -0.39 is 15.9 Å². The molecule has 3 aromatic rings. The Morgan fingerprint density at radius 1 is 1.00 bits per heavy atom. The summed E-state index contributed by atoms with van der Waals surface area (Å²) in [6.45, 7) is 1.70. The molecule has 3 rings (SSSR count). The van der Waals surface area contributed by atoms with E-state index in [-0.39, 0.29) is 10.5 Å². The summed E-state index contributed by atoms with van der Waals surface area (Å²) in [7, 11) is -0.712. The molecule has 0 atom stereocenters. The minimum absolute atomic E-state index is 0.114. The first-order chi connectivity index (χ1) is 13.3. The van der Waals surface area contributed by atoms with Crippen LogP contribution in [0.3, 0.4) is 0 Å². The van der Waals surface area contributed by atoms with E-state index in [1.807, 2.05) is 36.4 Å². The van der Waals surface area contributed by atoms with Crippen molar-refractivity contribution in [2.75, 3.05) is 19.4 Å². The van der Waals surface area contributed by atoms with Gasteiger partial charge in [0.15, 0.2) is 0 Å². The number of carbonyl (C=O) groups is 1. The number of benzene rings is 2. The van der Waals surface area contributed by atoms with Gasteiger partial charge in [0, 0.05) is 25.2 Å². The van der Waals surface area contributed by atoms with E-state index in [9.17, 15) is 13.2 Å². The van der Waals surface area contributed by atoms with Crippen molar-refractivity contribution in [3.63, 3.8) is 0 Å². The number of aromatic nitrogens is 1. The Kier molecular flexibility index (Phi) is 5.58. The molecule has 1 amide bonds. The predicted octanol–water partition coefficient (Wildman–Crippen LogP) is 3.56. The number of carbonyl (C=O) groups excluding carboxylic acids is 1. The molecule has 0 aliphatic heterocycles. The summed E-state index contributed by atoms with van der Waals surface area (Å²) in [5.74, 6) is -0.399. The molecule has 0 radical (unpaired) electrons. The highest BCUT2D eigenvalue weighted by molar-refractivity contribution is 7.89. The molecule has 0 unspecified atom stereocenters. The zero-order valence-electron chi connectivity index (χ0n) is 15.9. The fourth-order valence-electron chi connectivity index (χ4n) is 2.67. The van der Waals surface area contributed by atoms with Gasteiger partial charge < -0.3 is 5.32 Å². The second-order valence-electron chi connectivity index (χ2n) is 6.52. The van der Waals surface area contributed by atoms with Crippen LogP contribution in [0.5, 0.6) is 0 Å². The molecule has 0 fully saturated rings. The molecule has 6 nitrogen and oxygen atoms in total. The van der Waals surface area contributed by atoms with Crippen molar-refractivity contribution in [1.29, 1.82) is 0 Å². The lowest BCUT2D eigenvalue weighted by atomic mass is 10.1. The summed E-state index contributed by atoms with van der Waals surface area (Å²) in [6.07, 6.45) is 1.58. The van der Waals surface area contributed by atoms with E-state index in [4.69, 9.17) is 0 Å². The summed E-state index contributed by atoms with van der Waals surface area (Å²) < 4.78 is 26.0. The molecule has 28 heavy (non-hydrogen) atoms. The quantitative estimate of drug-likeness (QED) is 0.716. The summed E-state index contributed by atoms with van der Waals surface area (Å²) in [5.41, 5.74) is 3.16. The molecular formula is C21H21N3O3S. The van der Waals surface area contributed by atoms with Crippen molar-refractivity contribution in [3.05, 3.63) is 78.0 Å². The third kappa shape index (κ3) is 4.11. The van der Waals surface area contributed by atoms with Crippen molar-refractivity contribution in [2.45, 2.75) is 11.8 Å². The molecular weight excluding hydrogens is 374 g/mol. The van der Waals surface area contributed by atoms with Crippen molar-refractivity contribution in [3.8, 4) is 11.3 Å². The number of rotatable bonds is 5. The minimum atomic E-state index is -3.63. The summed E-state index contributed by atoms with van der Waals surface area (Å²) in [6, 6.07) is 17.9. The zero-order valence-corrected chi connectivity index (χ0v) is 16.7. The lowest BCUT2D eigenvalue weighted by Crippen LogP contribution is -2.23. The number of sulfonamides is 1. The number of hydrogen-bond acceptors (Lipinski definition) is 4. The molecule has 1 N–H and O–H groups in total. The largest absolute Gasteiger partial charge is 0.321 e. The van der Waals surface area contributed by atoms with E-state index in [0.717, 1.165) is 15.6 Å². The van der Waals surface area contributed by atoms with Crippen molar-refractivity contribution >= 4 is 21.6 Å². The van der Waals surface area contributed by atoms with Gasteiger partial charge in [0.2, 0.25) is 10.0 Å². The first-order valence-corrected chi connectivity index (χ1v) is 10.1. The molecule has 2 aromatic carbocycles. The topological polar surface area (TPSA) is 79.4 Å². The first-order valence-electron chi connectivity index (χ1n) is 8.65. The van der Waals surface area contributed by atoms with Gasteiger partial charge in [0.05, 0.1) is 22.5 Å². The number of aryl methyl sites for hydroxylation is 1. The third-order valence-electron chi connectivity index (χ3n) is 4.30. The van der Waals surface area contributed by atoms with Crippen LogP contribution in [0.4, 0.5) is 5.69 Å². The van der Waals surface area contributed by atoms with Crippen molar-refractivity contribution < 1.29 is 13.2 Å². The number of nitrogens with one attached hydrogen (secondary N) is 1. The van der Waals surface area contributed by atoms with Gasteiger partial charge in [-0.05, 0) is 36.8 Å². The Hall–Kier alpha value is -3.03. The molecule has 0 saturated carbocycles. The van der Waals surface area contributed by atoms with Crippen LogP contribution in [-0.2, 0) is 10.0 Å². The molecule has 7 heteroatoms. The standard InChI is InChI=1S/C21H21N3O3S/c1-15-9-10-17(13-20(15)28(26,27)24(2)3)21(25)23-18-11-12-19(22-14-18)16-7-5-4-6-8-16/h4-14H,1-3H3,(H,23,25). The highest BCUT2D eigenvalue weighted by Gasteiger charge is 2.21. The number of pyridine rings is 1. The van der Waals surface area contributed by atoms with Crippen molar-refractivity contribution in [1.82, 2.24) is 9.29 Å². The van der Waals surface area contributed by atoms with Crippen LogP contribution in [0.15, 0.2) is 71.8 Å². The molecule has 0 aliphatic carbocycles. The first kappa shape index (κ1) is 19.7. The third-order valence-corrected chi connectivity index (χ3v) is 6.26. The van der Waals surface area contributed by atoms with Crippen LogP contribution in [0.25, 0.3) is 11.3 Å². The molecule has 144 valence electrons. The lowest BCUT2D eigenvalue weighted by molar-refractivity contribution is 0.102. The number of anilines is 1. The predicted molar refractivity (Wildman–Crippen MR) is 110 cm³/mol. The average Bonchev–Trinajstić information content (AvgIpc) is 2.69. The number of hydrogen-bond donors (Lipinski definition) is 1. The monoisotopic (exact) mass is 395 g/mol. The fraction of sp³-hybridized carbons (Fsp3) is 0.143. The molecule has 0 spiro atoms. The Bertz CT molecular complexity index is 1090. The molecule has 0 aliphatic rings. The normalized spacial score (nSPS) is 11.4. The zero-order chi connectivity index (χ0) is 20.3. The summed E-state index contributed by atoms with van der Waals surface area (Å²) in [4.78, 5) is 17.1. The SMILES string of the molecule is Cc1ccc(C(=O)Nc2ccc(-c3ccccc3)nc2)cc1S(=O)(=O)N(C)C. The second-order valence-corrected chi connectivity index (χ2v) is 8.64. The van der Waals surface area contributed by atoms with Crippen LogP contribution in [-0.4, -0.2) is 37.7 Å². The van der Waals surface area contributed by atoms with Crippen molar-refractivity contribution in [2.24, 2.45) is 0 Å². The Morgan fingerprint density at radius 2 is 1.71 bits per heavy atom. The van der Waals surface area contributed by atoms with Crippen LogP contribution >= 0.6 is 0 Å². The molecule has 0 saturated heterocycles. The van der Waals surface area contributed by atoms with E-state index >= 15 is 0 Å². The second kappa shape index (κ2) is 7.92. The average molecular weight is 395 g/mol. The maximum absolute atomic E-state index is 12.6. The van der Waals surface area contributed by atoms with E-state index in [0.29, 0.717) is 11.3 Å². The Morgan fingerprint density at radius 3 is 2.32 bits per heavy atom. The smallest absolute Gasteiger partial charge is 0.255 e. The lowest BCUT2D eigenvalue weighted by Gasteiger charge is -2.14. The maximum Gasteiger partial charge on any atom is 0.255 e. The van der Waals surface area contributed by atoms with Gasteiger partial charge >= 0.3 is 0 Å². The molecule has 0 bridgehead atoms. The highest BCUT2D eigenvalue weighted by Crippen LogP contribution is 2.21. The van der Waals surface area contributed by atoms with Crippen LogP contribution in [0.1, 0.15) is 15.9 Å². The van der Waals surface area contributed by atoms with Gasteiger partial charge in [0.25, 0.3) is 5.91 Å².